The number of carbonyl (C=O) groups excluding carboxylic acids is 1. The second-order valence-electron chi connectivity index (χ2n) is 6.17. The van der Waals surface area contributed by atoms with Gasteiger partial charge in [0, 0.05) is 19.1 Å². The summed E-state index contributed by atoms with van der Waals surface area (Å²) in [6.07, 6.45) is 4.25. The molecule has 2 aliphatic heterocycles. The third-order valence-corrected chi connectivity index (χ3v) is 4.86. The Morgan fingerprint density at radius 2 is 2.22 bits per heavy atom. The molecule has 100 valence electrons. The number of hydrogen-bond donors (Lipinski definition) is 2. The molecule has 3 aliphatic rings. The monoisotopic (exact) mass is 250 g/mol. The molecule has 2 heterocycles. The van der Waals surface area contributed by atoms with E-state index in [4.69, 9.17) is 5.41 Å². The summed E-state index contributed by atoms with van der Waals surface area (Å²) in [5.41, 5.74) is -0.342. The number of rotatable bonds is 2. The lowest BCUT2D eigenvalue weighted by molar-refractivity contribution is 0.0805. The molecule has 1 spiro atoms. The number of urea groups is 1. The van der Waals surface area contributed by atoms with Crippen molar-refractivity contribution in [1.82, 2.24) is 15.1 Å². The van der Waals surface area contributed by atoms with Crippen LogP contribution in [0.15, 0.2) is 0 Å². The van der Waals surface area contributed by atoms with Crippen molar-refractivity contribution in [1.29, 1.82) is 5.41 Å². The Morgan fingerprint density at radius 3 is 2.83 bits per heavy atom. The van der Waals surface area contributed by atoms with Crippen LogP contribution in [0.25, 0.3) is 0 Å². The van der Waals surface area contributed by atoms with Crippen molar-refractivity contribution in [3.63, 3.8) is 0 Å². The van der Waals surface area contributed by atoms with Gasteiger partial charge in [0.25, 0.3) is 0 Å². The van der Waals surface area contributed by atoms with E-state index in [-0.39, 0.29) is 11.6 Å². The molecule has 2 atom stereocenters. The van der Waals surface area contributed by atoms with Gasteiger partial charge in [0.2, 0.25) is 0 Å². The fourth-order valence-electron chi connectivity index (χ4n) is 3.24. The summed E-state index contributed by atoms with van der Waals surface area (Å²) in [6, 6.07) is 0.372. The fourth-order valence-corrected chi connectivity index (χ4v) is 3.24. The summed E-state index contributed by atoms with van der Waals surface area (Å²) >= 11 is 0. The lowest BCUT2D eigenvalue weighted by atomic mass is 9.82. The van der Waals surface area contributed by atoms with E-state index < -0.39 is 0 Å². The number of nitrogens with zero attached hydrogens (tertiary/aromatic N) is 2. The molecule has 5 heteroatoms. The van der Waals surface area contributed by atoms with Gasteiger partial charge >= 0.3 is 6.03 Å². The van der Waals surface area contributed by atoms with E-state index in [0.29, 0.717) is 17.8 Å². The minimum Gasteiger partial charge on any atom is -0.311 e. The average Bonchev–Trinajstić information content (AvgIpc) is 3.10. The molecular formula is C13H22N4O. The van der Waals surface area contributed by atoms with Gasteiger partial charge in [-0.15, -0.1) is 0 Å². The van der Waals surface area contributed by atoms with Gasteiger partial charge in [0.05, 0.1) is 0 Å². The molecule has 1 saturated carbocycles. The van der Waals surface area contributed by atoms with Crippen LogP contribution in [-0.2, 0) is 0 Å². The van der Waals surface area contributed by atoms with Gasteiger partial charge in [-0.25, -0.2) is 4.79 Å². The van der Waals surface area contributed by atoms with Crippen LogP contribution in [0, 0.1) is 11.3 Å². The maximum absolute atomic E-state index is 12.1. The van der Waals surface area contributed by atoms with Crippen LogP contribution in [0.3, 0.4) is 0 Å². The maximum atomic E-state index is 12.1. The standard InChI is InChI=1S/C13H22N4O/c1-9-7-13(5-6-16(9)2)11(14)15-12(18)17(13)8-10-3-4-10/h9-10H,3-8H2,1-2H3,(H2,14,15,18). The Hall–Kier alpha value is -1.10. The SMILES string of the molecule is CC1CC2(CCN1C)C(=N)NC(=O)N2CC1CC1. The smallest absolute Gasteiger partial charge is 0.311 e. The van der Waals surface area contributed by atoms with E-state index >= 15 is 0 Å². The van der Waals surface area contributed by atoms with E-state index in [1.54, 1.807) is 0 Å². The zero-order valence-corrected chi connectivity index (χ0v) is 11.2. The minimum atomic E-state index is -0.342. The molecule has 3 fully saturated rings. The predicted molar refractivity (Wildman–Crippen MR) is 69.7 cm³/mol. The highest BCUT2D eigenvalue weighted by Crippen LogP contribution is 2.39. The van der Waals surface area contributed by atoms with E-state index in [0.717, 1.165) is 25.9 Å². The van der Waals surface area contributed by atoms with Crippen molar-refractivity contribution in [3.8, 4) is 0 Å². The molecule has 0 aromatic heterocycles. The van der Waals surface area contributed by atoms with Crippen molar-refractivity contribution >= 4 is 11.9 Å². The van der Waals surface area contributed by atoms with Gasteiger partial charge < -0.3 is 9.80 Å². The summed E-state index contributed by atoms with van der Waals surface area (Å²) < 4.78 is 0. The average molecular weight is 250 g/mol. The Labute approximate surface area is 108 Å². The normalized spacial score (nSPS) is 37.4. The van der Waals surface area contributed by atoms with Gasteiger partial charge in [-0.05, 0) is 45.6 Å². The Bertz CT molecular complexity index is 392. The first-order valence-electron chi connectivity index (χ1n) is 6.91. The molecule has 0 radical (unpaired) electrons. The van der Waals surface area contributed by atoms with Crippen LogP contribution in [0.4, 0.5) is 4.79 Å². The maximum Gasteiger partial charge on any atom is 0.323 e. The lowest BCUT2D eigenvalue weighted by Gasteiger charge is -2.45. The predicted octanol–water partition coefficient (Wildman–Crippen LogP) is 1.25. The van der Waals surface area contributed by atoms with Crippen molar-refractivity contribution < 1.29 is 4.79 Å². The molecule has 5 nitrogen and oxygen atoms in total. The molecule has 18 heavy (non-hydrogen) atoms. The Kier molecular flexibility index (Phi) is 2.62. The molecule has 1 aliphatic carbocycles. The van der Waals surface area contributed by atoms with Crippen LogP contribution in [0.5, 0.6) is 0 Å². The first-order valence-corrected chi connectivity index (χ1v) is 6.91. The van der Waals surface area contributed by atoms with E-state index in [9.17, 15) is 4.79 Å². The Balaban J connectivity index is 1.85. The van der Waals surface area contributed by atoms with Crippen LogP contribution in [0.1, 0.15) is 32.6 Å². The number of amidine groups is 1. The summed E-state index contributed by atoms with van der Waals surface area (Å²) in [5, 5.41) is 10.9. The topological polar surface area (TPSA) is 59.4 Å². The molecule has 2 unspecified atom stereocenters. The van der Waals surface area contributed by atoms with Gasteiger partial charge in [0.15, 0.2) is 0 Å². The van der Waals surface area contributed by atoms with Crippen LogP contribution < -0.4 is 5.32 Å². The van der Waals surface area contributed by atoms with E-state index in [1.807, 2.05) is 4.90 Å². The molecule has 2 saturated heterocycles. The van der Waals surface area contributed by atoms with Crippen LogP contribution >= 0.6 is 0 Å². The quantitative estimate of drug-likeness (QED) is 0.775. The number of amides is 2. The highest BCUT2D eigenvalue weighted by molar-refractivity contribution is 6.08. The van der Waals surface area contributed by atoms with E-state index in [1.165, 1.54) is 12.8 Å². The lowest BCUT2D eigenvalue weighted by Crippen LogP contribution is -2.58. The third-order valence-electron chi connectivity index (χ3n) is 4.86. The number of likely N-dealkylation sites (tertiary alicyclic amines) is 1. The molecule has 2 amide bonds. The molecule has 0 bridgehead atoms. The summed E-state index contributed by atoms with van der Waals surface area (Å²) in [7, 11) is 2.12. The van der Waals surface area contributed by atoms with Crippen LogP contribution in [-0.4, -0.2) is 53.4 Å². The summed E-state index contributed by atoms with van der Waals surface area (Å²) in [4.78, 5) is 16.3. The Morgan fingerprint density at radius 1 is 1.50 bits per heavy atom. The van der Waals surface area contributed by atoms with Gasteiger partial charge in [-0.3, -0.25) is 10.7 Å². The molecule has 3 rings (SSSR count). The largest absolute Gasteiger partial charge is 0.323 e. The number of piperidine rings is 1. The van der Waals surface area contributed by atoms with Gasteiger partial charge in [0.1, 0.15) is 11.4 Å². The highest BCUT2D eigenvalue weighted by Gasteiger charge is 2.53. The summed E-state index contributed by atoms with van der Waals surface area (Å²) in [6.45, 7) is 3.98. The zero-order valence-electron chi connectivity index (χ0n) is 11.2. The first kappa shape index (κ1) is 12.0. The molecule has 2 N–H and O–H groups in total. The zero-order chi connectivity index (χ0) is 12.9. The molecular weight excluding hydrogens is 228 g/mol. The third kappa shape index (κ3) is 1.72. The van der Waals surface area contributed by atoms with Gasteiger partial charge in [-0.2, -0.15) is 0 Å². The first-order chi connectivity index (χ1) is 8.53. The second-order valence-corrected chi connectivity index (χ2v) is 6.17. The minimum absolute atomic E-state index is 0.0522. The number of carbonyl (C=O) groups is 1. The fraction of sp³-hybridized carbons (Fsp3) is 0.846. The highest BCUT2D eigenvalue weighted by atomic mass is 16.2. The van der Waals surface area contributed by atoms with Crippen molar-refractivity contribution in [3.05, 3.63) is 0 Å². The molecule has 0 aromatic carbocycles. The van der Waals surface area contributed by atoms with Gasteiger partial charge in [-0.1, -0.05) is 0 Å². The van der Waals surface area contributed by atoms with Crippen LogP contribution in [0.2, 0.25) is 0 Å². The molecule has 0 aromatic rings. The van der Waals surface area contributed by atoms with E-state index in [2.05, 4.69) is 24.2 Å². The number of hydrogen-bond acceptors (Lipinski definition) is 3. The van der Waals surface area contributed by atoms with Crippen molar-refractivity contribution in [2.45, 2.75) is 44.2 Å². The second kappa shape index (κ2) is 3.95. The summed E-state index contributed by atoms with van der Waals surface area (Å²) in [5.74, 6) is 1.10. The number of nitrogens with one attached hydrogen (secondary N) is 2. The van der Waals surface area contributed by atoms with Crippen molar-refractivity contribution in [2.75, 3.05) is 20.1 Å². The van der Waals surface area contributed by atoms with Crippen molar-refractivity contribution in [2.24, 2.45) is 5.92 Å².